The third-order valence-corrected chi connectivity index (χ3v) is 4.57. The monoisotopic (exact) mass is 403 g/mol. The Morgan fingerprint density at radius 1 is 1.17 bits per heavy atom. The average molecular weight is 404 g/mol. The summed E-state index contributed by atoms with van der Waals surface area (Å²) in [6.07, 6.45) is 0. The van der Waals surface area contributed by atoms with Crippen LogP contribution in [0.2, 0.25) is 0 Å². The number of benzene rings is 2. The Balaban J connectivity index is 1.65. The van der Waals surface area contributed by atoms with E-state index in [1.807, 2.05) is 54.6 Å². The summed E-state index contributed by atoms with van der Waals surface area (Å²) in [5, 5.41) is 11.5. The Labute approximate surface area is 151 Å². The number of carbonyl (C=O) groups is 1. The number of carbonyl (C=O) groups excluding carboxylic acids is 1. The van der Waals surface area contributed by atoms with Crippen LogP contribution in [0.25, 0.3) is 11.4 Å². The molecule has 0 radical (unpaired) electrons. The Bertz CT molecular complexity index is 853. The van der Waals surface area contributed by atoms with Crippen LogP contribution in [-0.2, 0) is 4.79 Å². The number of hydrogen-bond donors (Lipinski definition) is 2. The Kier molecular flexibility index (Phi) is 5.17. The number of para-hydroxylation sites is 1. The highest BCUT2D eigenvalue weighted by molar-refractivity contribution is 9.10. The predicted octanol–water partition coefficient (Wildman–Crippen LogP) is 3.15. The second kappa shape index (κ2) is 7.50. The van der Waals surface area contributed by atoms with Gasteiger partial charge in [0.15, 0.2) is 5.82 Å². The van der Waals surface area contributed by atoms with Crippen molar-refractivity contribution in [1.82, 2.24) is 14.9 Å². The molecule has 0 aliphatic rings. The molecule has 122 valence electrons. The number of aromatic nitrogens is 3. The van der Waals surface area contributed by atoms with Crippen LogP contribution in [0.5, 0.6) is 0 Å². The van der Waals surface area contributed by atoms with E-state index in [1.165, 1.54) is 16.4 Å². The number of hydrogen-bond acceptors (Lipinski definition) is 5. The molecule has 6 nitrogen and oxygen atoms in total. The SMILES string of the molecule is Nn1c(SCC(=O)Nc2ccccc2)nnc1-c1cccc(Br)c1. The molecule has 0 saturated heterocycles. The highest BCUT2D eigenvalue weighted by Gasteiger charge is 2.14. The van der Waals surface area contributed by atoms with Gasteiger partial charge in [-0.3, -0.25) is 4.79 Å². The number of nitrogens with two attached hydrogens (primary N) is 1. The minimum Gasteiger partial charge on any atom is -0.335 e. The first-order valence-corrected chi connectivity index (χ1v) is 8.85. The van der Waals surface area contributed by atoms with Crippen molar-refractivity contribution >= 4 is 39.3 Å². The molecule has 0 atom stereocenters. The molecule has 1 amide bonds. The molecular formula is C16H14BrN5OS. The zero-order chi connectivity index (χ0) is 16.9. The molecule has 0 saturated carbocycles. The number of nitrogens with zero attached hydrogens (tertiary/aromatic N) is 3. The van der Waals surface area contributed by atoms with Gasteiger partial charge in [0.1, 0.15) is 0 Å². The quantitative estimate of drug-likeness (QED) is 0.504. The highest BCUT2D eigenvalue weighted by Crippen LogP contribution is 2.24. The third kappa shape index (κ3) is 3.95. The molecule has 1 heterocycles. The summed E-state index contributed by atoms with van der Waals surface area (Å²) in [6, 6.07) is 16.9. The van der Waals surface area contributed by atoms with Gasteiger partial charge in [-0.05, 0) is 24.3 Å². The fourth-order valence-electron chi connectivity index (χ4n) is 2.05. The molecule has 8 heteroatoms. The van der Waals surface area contributed by atoms with E-state index in [0.29, 0.717) is 11.0 Å². The van der Waals surface area contributed by atoms with E-state index < -0.39 is 0 Å². The molecule has 24 heavy (non-hydrogen) atoms. The fourth-order valence-corrected chi connectivity index (χ4v) is 3.10. The standard InChI is InChI=1S/C16H14BrN5OS/c17-12-6-4-5-11(9-12)15-20-21-16(22(15)18)24-10-14(23)19-13-7-2-1-3-8-13/h1-9H,10,18H2,(H,19,23). The molecule has 2 aromatic carbocycles. The van der Waals surface area contributed by atoms with Crippen molar-refractivity contribution in [2.45, 2.75) is 5.16 Å². The zero-order valence-corrected chi connectivity index (χ0v) is 14.9. The van der Waals surface area contributed by atoms with Crippen LogP contribution in [0.1, 0.15) is 0 Å². The normalized spacial score (nSPS) is 10.5. The van der Waals surface area contributed by atoms with Gasteiger partial charge in [0.25, 0.3) is 0 Å². The van der Waals surface area contributed by atoms with Gasteiger partial charge in [-0.15, -0.1) is 10.2 Å². The smallest absolute Gasteiger partial charge is 0.234 e. The number of nitrogen functional groups attached to an aromatic ring is 1. The first-order valence-electron chi connectivity index (χ1n) is 7.07. The van der Waals surface area contributed by atoms with Crippen LogP contribution in [0.4, 0.5) is 5.69 Å². The first kappa shape index (κ1) is 16.5. The first-order chi connectivity index (χ1) is 11.6. The largest absolute Gasteiger partial charge is 0.335 e. The van der Waals surface area contributed by atoms with Gasteiger partial charge >= 0.3 is 0 Å². The Morgan fingerprint density at radius 2 is 1.96 bits per heavy atom. The molecule has 0 unspecified atom stereocenters. The van der Waals surface area contributed by atoms with Crippen molar-refractivity contribution in [3.8, 4) is 11.4 Å². The molecule has 0 aliphatic heterocycles. The summed E-state index contributed by atoms with van der Waals surface area (Å²) >= 11 is 4.65. The van der Waals surface area contributed by atoms with Crippen molar-refractivity contribution in [2.24, 2.45) is 0 Å². The van der Waals surface area contributed by atoms with Crippen molar-refractivity contribution in [3.63, 3.8) is 0 Å². The second-order valence-corrected chi connectivity index (χ2v) is 6.75. The molecule has 3 N–H and O–H groups in total. The van der Waals surface area contributed by atoms with E-state index in [9.17, 15) is 4.79 Å². The average Bonchev–Trinajstić information content (AvgIpc) is 2.95. The van der Waals surface area contributed by atoms with Crippen LogP contribution in [0.3, 0.4) is 0 Å². The van der Waals surface area contributed by atoms with Crippen molar-refractivity contribution < 1.29 is 4.79 Å². The number of thioether (sulfide) groups is 1. The summed E-state index contributed by atoms with van der Waals surface area (Å²) in [5.41, 5.74) is 1.60. The van der Waals surface area contributed by atoms with Crippen LogP contribution < -0.4 is 11.2 Å². The lowest BCUT2D eigenvalue weighted by molar-refractivity contribution is -0.113. The van der Waals surface area contributed by atoms with Gasteiger partial charge in [-0.25, -0.2) is 4.68 Å². The van der Waals surface area contributed by atoms with Crippen molar-refractivity contribution in [2.75, 3.05) is 16.9 Å². The minimum atomic E-state index is -0.127. The molecule has 1 aromatic heterocycles. The van der Waals surface area contributed by atoms with Crippen LogP contribution in [-0.4, -0.2) is 26.5 Å². The van der Waals surface area contributed by atoms with E-state index in [1.54, 1.807) is 0 Å². The molecule has 0 spiro atoms. The summed E-state index contributed by atoms with van der Waals surface area (Å²) in [4.78, 5) is 12.0. The Morgan fingerprint density at radius 3 is 2.71 bits per heavy atom. The lowest BCUT2D eigenvalue weighted by Crippen LogP contribution is -2.16. The lowest BCUT2D eigenvalue weighted by Gasteiger charge is -2.05. The fraction of sp³-hybridized carbons (Fsp3) is 0.0625. The highest BCUT2D eigenvalue weighted by atomic mass is 79.9. The predicted molar refractivity (Wildman–Crippen MR) is 99.1 cm³/mol. The van der Waals surface area contributed by atoms with Crippen LogP contribution >= 0.6 is 27.7 Å². The lowest BCUT2D eigenvalue weighted by atomic mass is 10.2. The molecule has 0 aliphatic carbocycles. The van der Waals surface area contributed by atoms with Crippen LogP contribution in [0, 0.1) is 0 Å². The summed E-state index contributed by atoms with van der Waals surface area (Å²) < 4.78 is 2.32. The molecule has 3 aromatic rings. The van der Waals surface area contributed by atoms with Gasteiger partial charge in [-0.1, -0.05) is 58.0 Å². The minimum absolute atomic E-state index is 0.127. The zero-order valence-electron chi connectivity index (χ0n) is 12.5. The van der Waals surface area contributed by atoms with E-state index in [2.05, 4.69) is 31.4 Å². The number of rotatable bonds is 5. The van der Waals surface area contributed by atoms with E-state index in [4.69, 9.17) is 5.84 Å². The van der Waals surface area contributed by atoms with Crippen molar-refractivity contribution in [3.05, 3.63) is 59.1 Å². The molecule has 3 rings (SSSR count). The number of halogens is 1. The van der Waals surface area contributed by atoms with Crippen LogP contribution in [0.15, 0.2) is 64.2 Å². The Hall–Kier alpha value is -2.32. The van der Waals surface area contributed by atoms with E-state index >= 15 is 0 Å². The topological polar surface area (TPSA) is 85.8 Å². The summed E-state index contributed by atoms with van der Waals surface area (Å²) in [7, 11) is 0. The third-order valence-electron chi connectivity index (χ3n) is 3.14. The number of nitrogens with one attached hydrogen (secondary N) is 1. The number of anilines is 1. The molecule has 0 fully saturated rings. The maximum atomic E-state index is 12.0. The van der Waals surface area contributed by atoms with Gasteiger partial charge in [0.2, 0.25) is 11.1 Å². The molecular weight excluding hydrogens is 390 g/mol. The maximum absolute atomic E-state index is 12.0. The van der Waals surface area contributed by atoms with Gasteiger partial charge in [-0.2, -0.15) is 0 Å². The number of amides is 1. The van der Waals surface area contributed by atoms with Gasteiger partial charge in [0, 0.05) is 15.7 Å². The van der Waals surface area contributed by atoms with Gasteiger partial charge in [0.05, 0.1) is 5.75 Å². The van der Waals surface area contributed by atoms with E-state index in [-0.39, 0.29) is 11.7 Å². The summed E-state index contributed by atoms with van der Waals surface area (Å²) in [6.45, 7) is 0. The van der Waals surface area contributed by atoms with E-state index in [0.717, 1.165) is 15.7 Å². The van der Waals surface area contributed by atoms with Crippen molar-refractivity contribution in [1.29, 1.82) is 0 Å². The maximum Gasteiger partial charge on any atom is 0.234 e. The second-order valence-electron chi connectivity index (χ2n) is 4.89. The summed E-state index contributed by atoms with van der Waals surface area (Å²) in [5.74, 6) is 6.66. The molecule has 0 bridgehead atoms. The van der Waals surface area contributed by atoms with Gasteiger partial charge < -0.3 is 11.2 Å².